The van der Waals surface area contributed by atoms with E-state index in [1.165, 1.54) is 20.4 Å². The first-order valence-electron chi connectivity index (χ1n) is 11.7. The first-order valence-corrected chi connectivity index (χ1v) is 12.1. The van der Waals surface area contributed by atoms with E-state index in [0.29, 0.717) is 53.1 Å². The number of alkyl halides is 3. The van der Waals surface area contributed by atoms with Crippen LogP contribution in [0.2, 0.25) is 5.02 Å². The molecule has 13 heteroatoms. The van der Waals surface area contributed by atoms with Crippen molar-refractivity contribution in [3.05, 3.63) is 46.0 Å². The van der Waals surface area contributed by atoms with E-state index in [1.54, 1.807) is 13.0 Å². The summed E-state index contributed by atoms with van der Waals surface area (Å²) in [7, 11) is 2.72. The lowest BCUT2D eigenvalue weighted by molar-refractivity contribution is -0.147. The van der Waals surface area contributed by atoms with Crippen molar-refractivity contribution in [2.24, 2.45) is 7.05 Å². The first kappa shape index (κ1) is 25.2. The van der Waals surface area contributed by atoms with Crippen molar-refractivity contribution in [3.63, 3.8) is 0 Å². The average Bonchev–Trinajstić information content (AvgIpc) is 3.44. The van der Waals surface area contributed by atoms with Crippen LogP contribution < -0.4 is 10.1 Å². The zero-order valence-corrected chi connectivity index (χ0v) is 21.2. The van der Waals surface area contributed by atoms with Gasteiger partial charge in [0.05, 0.1) is 29.8 Å². The Morgan fingerprint density at radius 1 is 1.27 bits per heavy atom. The van der Waals surface area contributed by atoms with Gasteiger partial charge in [0.25, 0.3) is 0 Å². The Hall–Kier alpha value is -3.41. The Morgan fingerprint density at radius 2 is 2.05 bits per heavy atom. The number of halogens is 4. The third-order valence-corrected chi connectivity index (χ3v) is 7.31. The van der Waals surface area contributed by atoms with Crippen LogP contribution in [-0.4, -0.2) is 61.3 Å². The Morgan fingerprint density at radius 3 is 2.76 bits per heavy atom. The van der Waals surface area contributed by atoms with Crippen LogP contribution in [0.25, 0.3) is 11.4 Å². The van der Waals surface area contributed by atoms with Gasteiger partial charge in [-0.15, -0.1) is 0 Å². The van der Waals surface area contributed by atoms with Crippen molar-refractivity contribution >= 4 is 23.3 Å². The number of aryl methyl sites for hydroxylation is 3. The number of methoxy groups -OCH3 is 1. The number of fused-ring (bicyclic) bond motifs is 1. The van der Waals surface area contributed by atoms with Crippen molar-refractivity contribution < 1.29 is 22.7 Å². The van der Waals surface area contributed by atoms with Gasteiger partial charge in [-0.1, -0.05) is 11.6 Å². The van der Waals surface area contributed by atoms with Gasteiger partial charge in [0, 0.05) is 38.0 Å². The normalized spacial score (nSPS) is 19.2. The molecule has 1 atom stereocenters. The summed E-state index contributed by atoms with van der Waals surface area (Å²) in [6.07, 6.45) is -0.810. The summed E-state index contributed by atoms with van der Waals surface area (Å²) in [6.45, 7) is 2.83. The number of hydrogen-bond donors (Lipinski definition) is 1. The smallest absolute Gasteiger partial charge is 0.451 e. The molecule has 3 aromatic heterocycles. The summed E-state index contributed by atoms with van der Waals surface area (Å²) in [5.74, 6) is -0.0330. The molecule has 2 aliphatic heterocycles. The lowest BCUT2D eigenvalue weighted by atomic mass is 9.86. The number of nitrogens with zero attached hydrogens (tertiary/aromatic N) is 6. The molecule has 1 spiro atoms. The topological polar surface area (TPSA) is 98.1 Å². The minimum Gasteiger partial charge on any atom is -0.481 e. The van der Waals surface area contributed by atoms with Crippen LogP contribution in [0.1, 0.15) is 35.5 Å². The highest BCUT2D eigenvalue weighted by molar-refractivity contribution is 6.31. The number of hydrogen-bond acceptors (Lipinski definition) is 7. The summed E-state index contributed by atoms with van der Waals surface area (Å²) in [5.41, 5.74) is 2.21. The van der Waals surface area contributed by atoms with Crippen molar-refractivity contribution in [2.75, 3.05) is 25.5 Å². The molecular formula is C24H25ClF3N7O2. The summed E-state index contributed by atoms with van der Waals surface area (Å²) >= 11 is 6.23. The fourth-order valence-corrected chi connectivity index (χ4v) is 5.15. The Balaban J connectivity index is 1.32. The number of amides is 1. The molecule has 1 fully saturated rings. The van der Waals surface area contributed by atoms with Gasteiger partial charge < -0.3 is 15.0 Å². The summed E-state index contributed by atoms with van der Waals surface area (Å²) in [6, 6.07) is 3.48. The van der Waals surface area contributed by atoms with Crippen molar-refractivity contribution in [3.8, 4) is 17.3 Å². The van der Waals surface area contributed by atoms with E-state index >= 15 is 0 Å². The fourth-order valence-electron chi connectivity index (χ4n) is 4.98. The number of nitrogens with one attached hydrogen (secondary N) is 1. The molecular weight excluding hydrogens is 511 g/mol. The highest BCUT2D eigenvalue weighted by Crippen LogP contribution is 2.38. The van der Waals surface area contributed by atoms with Crippen molar-refractivity contribution in [1.82, 2.24) is 29.6 Å². The van der Waals surface area contributed by atoms with Crippen LogP contribution in [0.3, 0.4) is 0 Å². The number of carbonyl (C=O) groups excluding carboxylic acids is 1. The predicted molar refractivity (Wildman–Crippen MR) is 129 cm³/mol. The van der Waals surface area contributed by atoms with E-state index in [1.807, 2.05) is 11.0 Å². The van der Waals surface area contributed by atoms with Gasteiger partial charge in [0.1, 0.15) is 5.82 Å². The number of likely N-dealkylation sites (tertiary alicyclic amines) is 1. The number of ether oxygens (including phenoxy) is 1. The number of pyridine rings is 2. The van der Waals surface area contributed by atoms with Gasteiger partial charge in [0.2, 0.25) is 17.6 Å². The monoisotopic (exact) mass is 535 g/mol. The van der Waals surface area contributed by atoms with Gasteiger partial charge in [-0.3, -0.25) is 4.79 Å². The Kier molecular flexibility index (Phi) is 6.25. The first-order chi connectivity index (χ1) is 17.5. The highest BCUT2D eigenvalue weighted by Gasteiger charge is 2.43. The molecule has 3 aromatic rings. The third kappa shape index (κ3) is 4.81. The zero-order chi connectivity index (χ0) is 26.5. The summed E-state index contributed by atoms with van der Waals surface area (Å²) in [5, 5.41) is 7.90. The van der Waals surface area contributed by atoms with E-state index in [2.05, 4.69) is 25.4 Å². The fraction of sp³-hybridized carbons (Fsp3) is 0.458. The average molecular weight is 536 g/mol. The maximum atomic E-state index is 13.2. The molecule has 1 saturated heterocycles. The van der Waals surface area contributed by atoms with Gasteiger partial charge in [0.15, 0.2) is 5.82 Å². The van der Waals surface area contributed by atoms with E-state index in [4.69, 9.17) is 16.3 Å². The maximum absolute atomic E-state index is 13.2. The molecule has 0 bridgehead atoms. The summed E-state index contributed by atoms with van der Waals surface area (Å²) < 4.78 is 45.5. The second-order valence-electron chi connectivity index (χ2n) is 9.47. The second-order valence-corrected chi connectivity index (χ2v) is 9.88. The minimum atomic E-state index is -4.59. The predicted octanol–water partition coefficient (Wildman–Crippen LogP) is 3.83. The molecule has 2 aliphatic rings. The molecule has 1 N–H and O–H groups in total. The van der Waals surface area contributed by atoms with Crippen molar-refractivity contribution in [1.29, 1.82) is 0 Å². The molecule has 1 amide bonds. The van der Waals surface area contributed by atoms with Gasteiger partial charge >= 0.3 is 6.18 Å². The van der Waals surface area contributed by atoms with E-state index in [-0.39, 0.29) is 23.7 Å². The number of anilines is 1. The number of aromatic nitrogens is 5. The molecule has 196 valence electrons. The number of rotatable bonds is 4. The zero-order valence-electron chi connectivity index (χ0n) is 20.5. The van der Waals surface area contributed by atoms with Gasteiger partial charge in [-0.2, -0.15) is 18.3 Å². The van der Waals surface area contributed by atoms with Crippen LogP contribution in [-0.2, 0) is 30.9 Å². The minimum absolute atomic E-state index is 0.00745. The maximum Gasteiger partial charge on any atom is 0.451 e. The molecule has 9 nitrogen and oxygen atoms in total. The van der Waals surface area contributed by atoms with Crippen LogP contribution in [0.5, 0.6) is 5.88 Å². The molecule has 0 unspecified atom stereocenters. The van der Waals surface area contributed by atoms with Crippen LogP contribution in [0.4, 0.5) is 19.0 Å². The molecule has 5 heterocycles. The second kappa shape index (κ2) is 9.16. The molecule has 0 aliphatic carbocycles. The number of carbonyl (C=O) groups is 1. The van der Waals surface area contributed by atoms with Gasteiger partial charge in [-0.05, 0) is 43.4 Å². The SMILES string of the molecule is COc1cc(CC(=O)N2CC[C@]3(CCc4cc(-c5nc(C(F)(F)F)n(C)n5)c(C)nc4N3)C2)c(Cl)cn1. The van der Waals surface area contributed by atoms with Crippen LogP contribution in [0.15, 0.2) is 18.3 Å². The van der Waals surface area contributed by atoms with Crippen LogP contribution in [0, 0.1) is 6.92 Å². The lowest BCUT2D eigenvalue weighted by Gasteiger charge is -2.36. The molecule has 5 rings (SSSR count). The highest BCUT2D eigenvalue weighted by atomic mass is 35.5. The van der Waals surface area contributed by atoms with Crippen molar-refractivity contribution in [2.45, 2.75) is 44.3 Å². The van der Waals surface area contributed by atoms with Crippen LogP contribution >= 0.6 is 11.6 Å². The largest absolute Gasteiger partial charge is 0.481 e. The lowest BCUT2D eigenvalue weighted by Crippen LogP contribution is -2.45. The van der Waals surface area contributed by atoms with Gasteiger partial charge in [-0.25, -0.2) is 19.6 Å². The molecule has 0 saturated carbocycles. The molecule has 0 aromatic carbocycles. The summed E-state index contributed by atoms with van der Waals surface area (Å²) in [4.78, 5) is 27.3. The third-order valence-electron chi connectivity index (χ3n) is 6.97. The molecule has 37 heavy (non-hydrogen) atoms. The Labute approximate surface area is 216 Å². The standard InChI is InChI=1S/C24H25ClF3N7O2/c1-13-16(21-31-22(24(26,27)28)34(2)33-21)8-14-4-5-23(32-20(14)30-13)6-7-35(12-23)19(36)10-15-9-18(37-3)29-11-17(15)25/h8-9,11H,4-7,10,12H2,1-3H3,(H,30,32)/t23-/m1/s1. The molecule has 0 radical (unpaired) electrons. The van der Waals surface area contributed by atoms with E-state index in [9.17, 15) is 18.0 Å². The van der Waals surface area contributed by atoms with E-state index < -0.39 is 12.0 Å². The quantitative estimate of drug-likeness (QED) is 0.542. The Bertz CT molecular complexity index is 1380. The van der Waals surface area contributed by atoms with E-state index in [0.717, 1.165) is 23.1 Å².